The zero-order valence-corrected chi connectivity index (χ0v) is 6.96. The number of hydrogen-bond acceptors (Lipinski definition) is 2. The average molecular weight is 163 g/mol. The maximum absolute atomic E-state index is 9.55. The molecule has 0 unspecified atom stereocenters. The second kappa shape index (κ2) is 2.79. The van der Waals surface area contributed by atoms with Gasteiger partial charge in [0.25, 0.3) is 0 Å². The SMILES string of the molecule is N[C@@H]1CCCc2cccc(O)c21. The molecule has 12 heavy (non-hydrogen) atoms. The Labute approximate surface area is 72.0 Å². The lowest BCUT2D eigenvalue weighted by Crippen LogP contribution is -2.17. The molecule has 2 nitrogen and oxygen atoms in total. The third-order valence-corrected chi connectivity index (χ3v) is 2.51. The number of fused-ring (bicyclic) bond motifs is 1. The predicted octanol–water partition coefficient (Wildman–Crippen LogP) is 1.73. The van der Waals surface area contributed by atoms with Crippen LogP contribution in [-0.4, -0.2) is 5.11 Å². The van der Waals surface area contributed by atoms with Crippen molar-refractivity contribution in [2.24, 2.45) is 5.73 Å². The van der Waals surface area contributed by atoms with Crippen LogP contribution >= 0.6 is 0 Å². The molecule has 0 spiro atoms. The summed E-state index contributed by atoms with van der Waals surface area (Å²) in [4.78, 5) is 0. The molecule has 0 amide bonds. The Morgan fingerprint density at radius 3 is 3.00 bits per heavy atom. The van der Waals surface area contributed by atoms with Crippen LogP contribution in [0.3, 0.4) is 0 Å². The fourth-order valence-electron chi connectivity index (χ4n) is 1.90. The number of rotatable bonds is 0. The summed E-state index contributed by atoms with van der Waals surface area (Å²) in [6.45, 7) is 0. The first-order valence-electron chi connectivity index (χ1n) is 4.35. The fourth-order valence-corrected chi connectivity index (χ4v) is 1.90. The molecule has 0 heterocycles. The molecule has 2 heteroatoms. The van der Waals surface area contributed by atoms with Crippen LogP contribution in [0.25, 0.3) is 0 Å². The van der Waals surface area contributed by atoms with E-state index in [-0.39, 0.29) is 6.04 Å². The van der Waals surface area contributed by atoms with E-state index < -0.39 is 0 Å². The van der Waals surface area contributed by atoms with Crippen molar-refractivity contribution in [2.75, 3.05) is 0 Å². The Morgan fingerprint density at radius 1 is 1.42 bits per heavy atom. The number of aromatic hydroxyl groups is 1. The zero-order chi connectivity index (χ0) is 8.55. The standard InChI is InChI=1S/C10H13NO/c11-8-5-1-3-7-4-2-6-9(12)10(7)8/h2,4,6,8,12H,1,3,5,11H2/t8-/m1/s1. The van der Waals surface area contributed by atoms with E-state index in [0.29, 0.717) is 5.75 Å². The summed E-state index contributed by atoms with van der Waals surface area (Å²) in [5, 5.41) is 9.55. The minimum atomic E-state index is 0.0370. The summed E-state index contributed by atoms with van der Waals surface area (Å²) in [5.74, 6) is 0.361. The first-order valence-corrected chi connectivity index (χ1v) is 4.35. The maximum Gasteiger partial charge on any atom is 0.120 e. The van der Waals surface area contributed by atoms with E-state index in [1.807, 2.05) is 12.1 Å². The van der Waals surface area contributed by atoms with Gasteiger partial charge in [0.1, 0.15) is 5.75 Å². The van der Waals surface area contributed by atoms with Crippen LogP contribution in [0.2, 0.25) is 0 Å². The molecule has 2 rings (SSSR count). The lowest BCUT2D eigenvalue weighted by molar-refractivity contribution is 0.448. The molecule has 0 aliphatic heterocycles. The summed E-state index contributed by atoms with van der Waals surface area (Å²) >= 11 is 0. The second-order valence-corrected chi connectivity index (χ2v) is 3.35. The van der Waals surface area contributed by atoms with Gasteiger partial charge in [-0.15, -0.1) is 0 Å². The Bertz CT molecular complexity index is 296. The van der Waals surface area contributed by atoms with Gasteiger partial charge < -0.3 is 10.8 Å². The van der Waals surface area contributed by atoms with Gasteiger partial charge in [-0.25, -0.2) is 0 Å². The van der Waals surface area contributed by atoms with Crippen LogP contribution in [0.15, 0.2) is 18.2 Å². The lowest BCUT2D eigenvalue weighted by Gasteiger charge is -2.22. The van der Waals surface area contributed by atoms with Crippen LogP contribution in [0.5, 0.6) is 5.75 Å². The highest BCUT2D eigenvalue weighted by molar-refractivity contribution is 5.42. The number of benzene rings is 1. The molecule has 0 fully saturated rings. The Morgan fingerprint density at radius 2 is 2.25 bits per heavy atom. The van der Waals surface area contributed by atoms with E-state index in [9.17, 15) is 5.11 Å². The minimum absolute atomic E-state index is 0.0370. The molecule has 1 aromatic carbocycles. The molecule has 0 bridgehead atoms. The molecule has 1 aliphatic rings. The zero-order valence-electron chi connectivity index (χ0n) is 6.96. The Balaban J connectivity index is 2.53. The van der Waals surface area contributed by atoms with Crippen LogP contribution in [0.4, 0.5) is 0 Å². The van der Waals surface area contributed by atoms with Crippen molar-refractivity contribution >= 4 is 0 Å². The predicted molar refractivity (Wildman–Crippen MR) is 48.0 cm³/mol. The summed E-state index contributed by atoms with van der Waals surface area (Å²) < 4.78 is 0. The van der Waals surface area contributed by atoms with Crippen LogP contribution in [0.1, 0.15) is 30.0 Å². The topological polar surface area (TPSA) is 46.2 Å². The summed E-state index contributed by atoms with van der Waals surface area (Å²) in [7, 11) is 0. The highest BCUT2D eigenvalue weighted by atomic mass is 16.3. The van der Waals surface area contributed by atoms with E-state index in [1.54, 1.807) is 6.07 Å². The van der Waals surface area contributed by atoms with Gasteiger partial charge >= 0.3 is 0 Å². The number of hydrogen-bond donors (Lipinski definition) is 2. The normalized spacial score (nSPS) is 21.9. The van der Waals surface area contributed by atoms with Gasteiger partial charge in [0, 0.05) is 11.6 Å². The van der Waals surface area contributed by atoms with Crippen molar-refractivity contribution in [2.45, 2.75) is 25.3 Å². The molecule has 1 aliphatic carbocycles. The molecule has 0 aromatic heterocycles. The second-order valence-electron chi connectivity index (χ2n) is 3.35. The number of phenolic OH excluding ortho intramolecular Hbond substituents is 1. The van der Waals surface area contributed by atoms with E-state index in [2.05, 4.69) is 0 Å². The molecule has 1 atom stereocenters. The molecular formula is C10H13NO. The van der Waals surface area contributed by atoms with Crippen molar-refractivity contribution in [3.05, 3.63) is 29.3 Å². The third kappa shape index (κ3) is 1.08. The molecule has 3 N–H and O–H groups in total. The molecule has 1 aromatic rings. The van der Waals surface area contributed by atoms with Crippen molar-refractivity contribution < 1.29 is 5.11 Å². The Hall–Kier alpha value is -1.02. The van der Waals surface area contributed by atoms with Gasteiger partial charge in [-0.3, -0.25) is 0 Å². The van der Waals surface area contributed by atoms with E-state index in [4.69, 9.17) is 5.73 Å². The van der Waals surface area contributed by atoms with Crippen molar-refractivity contribution in [3.63, 3.8) is 0 Å². The van der Waals surface area contributed by atoms with Crippen molar-refractivity contribution in [1.82, 2.24) is 0 Å². The van der Waals surface area contributed by atoms with E-state index >= 15 is 0 Å². The summed E-state index contributed by atoms with van der Waals surface area (Å²) in [6, 6.07) is 5.68. The van der Waals surface area contributed by atoms with Gasteiger partial charge in [-0.2, -0.15) is 0 Å². The number of phenols is 1. The highest BCUT2D eigenvalue weighted by Crippen LogP contribution is 2.33. The Kier molecular flexibility index (Phi) is 1.77. The van der Waals surface area contributed by atoms with Gasteiger partial charge in [-0.1, -0.05) is 12.1 Å². The fraction of sp³-hybridized carbons (Fsp3) is 0.400. The van der Waals surface area contributed by atoms with E-state index in [0.717, 1.165) is 24.8 Å². The van der Waals surface area contributed by atoms with Gasteiger partial charge in [-0.05, 0) is 30.9 Å². The maximum atomic E-state index is 9.55. The smallest absolute Gasteiger partial charge is 0.120 e. The molecule has 0 saturated heterocycles. The van der Waals surface area contributed by atoms with Gasteiger partial charge in [0.15, 0.2) is 0 Å². The largest absolute Gasteiger partial charge is 0.508 e. The molecular weight excluding hydrogens is 150 g/mol. The molecule has 64 valence electrons. The highest BCUT2D eigenvalue weighted by Gasteiger charge is 2.19. The quantitative estimate of drug-likeness (QED) is 0.611. The molecule has 0 radical (unpaired) electrons. The van der Waals surface area contributed by atoms with Gasteiger partial charge in [0.05, 0.1) is 0 Å². The molecule has 0 saturated carbocycles. The first-order chi connectivity index (χ1) is 5.79. The minimum Gasteiger partial charge on any atom is -0.508 e. The average Bonchev–Trinajstić information content (AvgIpc) is 2.04. The number of nitrogens with two attached hydrogens (primary N) is 1. The van der Waals surface area contributed by atoms with E-state index in [1.165, 1.54) is 5.56 Å². The number of aryl methyl sites for hydroxylation is 1. The summed E-state index contributed by atoms with van der Waals surface area (Å²) in [5.41, 5.74) is 8.07. The van der Waals surface area contributed by atoms with Crippen LogP contribution in [-0.2, 0) is 6.42 Å². The monoisotopic (exact) mass is 163 g/mol. The lowest BCUT2D eigenvalue weighted by atomic mass is 9.88. The van der Waals surface area contributed by atoms with Gasteiger partial charge in [0.2, 0.25) is 0 Å². The first kappa shape index (κ1) is 7.62. The van der Waals surface area contributed by atoms with Crippen LogP contribution < -0.4 is 5.73 Å². The summed E-state index contributed by atoms with van der Waals surface area (Å²) in [6.07, 6.45) is 3.18. The third-order valence-electron chi connectivity index (χ3n) is 2.51. The van der Waals surface area contributed by atoms with Crippen molar-refractivity contribution in [3.8, 4) is 5.75 Å². The van der Waals surface area contributed by atoms with Crippen LogP contribution in [0, 0.1) is 0 Å². The van der Waals surface area contributed by atoms with Crippen molar-refractivity contribution in [1.29, 1.82) is 0 Å².